The highest BCUT2D eigenvalue weighted by atomic mass is 16.6. The highest BCUT2D eigenvalue weighted by molar-refractivity contribution is 5.89. The largest absolute Gasteiger partial charge is 0.489 e. The molecule has 1 atom stereocenters. The Labute approximate surface area is 263 Å². The maximum Gasteiger partial charge on any atom is 0.407 e. The molecule has 2 aliphatic carbocycles. The molecule has 8 nitrogen and oxygen atoms in total. The van der Waals surface area contributed by atoms with Crippen molar-refractivity contribution in [3.63, 3.8) is 0 Å². The van der Waals surface area contributed by atoms with Crippen molar-refractivity contribution in [1.29, 1.82) is 0 Å². The molecule has 4 rings (SSSR count). The molecule has 0 radical (unpaired) electrons. The Balaban J connectivity index is 1.31. The lowest BCUT2D eigenvalue weighted by molar-refractivity contribution is -0.132. The lowest BCUT2D eigenvalue weighted by Crippen LogP contribution is -2.52. The van der Waals surface area contributed by atoms with Gasteiger partial charge in [0.05, 0.1) is 0 Å². The Hall–Kier alpha value is -3.55. The fourth-order valence-electron chi connectivity index (χ4n) is 6.07. The predicted octanol–water partition coefficient (Wildman–Crippen LogP) is 6.32. The molecule has 0 saturated heterocycles. The first-order valence-corrected chi connectivity index (χ1v) is 16.4. The van der Waals surface area contributed by atoms with E-state index in [0.29, 0.717) is 31.4 Å². The number of hydrogen-bond acceptors (Lipinski definition) is 5. The Bertz CT molecular complexity index is 1190. The number of alkyl carbamates (subject to hydrolysis) is 1. The summed E-state index contributed by atoms with van der Waals surface area (Å²) < 4.78 is 11.3. The predicted molar refractivity (Wildman–Crippen MR) is 172 cm³/mol. The second-order valence-corrected chi connectivity index (χ2v) is 13.7. The number of rotatable bonds is 11. The third-order valence-electron chi connectivity index (χ3n) is 8.76. The summed E-state index contributed by atoms with van der Waals surface area (Å²) in [6.07, 6.45) is 7.32. The molecule has 2 fully saturated rings. The SMILES string of the molecule is CC1CCC(NC(=O)[C@H](Cc2ccc(OCc3ccccc3)cc2)NC(=O)C2CCC(CNC(=O)OC(C)(C)C)CC2)CC1. The number of amides is 3. The van der Waals surface area contributed by atoms with Crippen molar-refractivity contribution >= 4 is 17.9 Å². The van der Waals surface area contributed by atoms with E-state index in [1.807, 2.05) is 75.4 Å². The van der Waals surface area contributed by atoms with E-state index in [4.69, 9.17) is 9.47 Å². The normalized spacial score (nSPS) is 22.7. The number of carbonyl (C=O) groups is 3. The molecular formula is C36H51N3O5. The Morgan fingerprint density at radius 2 is 1.50 bits per heavy atom. The van der Waals surface area contributed by atoms with E-state index < -0.39 is 17.7 Å². The van der Waals surface area contributed by atoms with Gasteiger partial charge in [-0.2, -0.15) is 0 Å². The minimum atomic E-state index is -0.649. The van der Waals surface area contributed by atoms with Crippen LogP contribution in [-0.4, -0.2) is 42.1 Å². The van der Waals surface area contributed by atoms with Crippen molar-refractivity contribution in [2.24, 2.45) is 17.8 Å². The molecule has 3 N–H and O–H groups in total. The zero-order valence-corrected chi connectivity index (χ0v) is 26.9. The topological polar surface area (TPSA) is 106 Å². The van der Waals surface area contributed by atoms with Crippen molar-refractivity contribution in [2.45, 2.75) is 110 Å². The van der Waals surface area contributed by atoms with E-state index in [-0.39, 0.29) is 23.8 Å². The molecule has 0 spiro atoms. The van der Waals surface area contributed by atoms with Gasteiger partial charge in [0.2, 0.25) is 11.8 Å². The summed E-state index contributed by atoms with van der Waals surface area (Å²) in [4.78, 5) is 39.0. The summed E-state index contributed by atoms with van der Waals surface area (Å²) in [7, 11) is 0. The molecule has 2 saturated carbocycles. The van der Waals surface area contributed by atoms with E-state index in [1.165, 1.54) is 0 Å². The van der Waals surface area contributed by atoms with E-state index in [0.717, 1.165) is 68.2 Å². The third-order valence-corrected chi connectivity index (χ3v) is 8.76. The Morgan fingerprint density at radius 1 is 0.841 bits per heavy atom. The molecule has 2 aromatic carbocycles. The van der Waals surface area contributed by atoms with Crippen LogP contribution in [0.3, 0.4) is 0 Å². The van der Waals surface area contributed by atoms with Gasteiger partial charge in [0.25, 0.3) is 0 Å². The van der Waals surface area contributed by atoms with Crippen molar-refractivity contribution < 1.29 is 23.9 Å². The van der Waals surface area contributed by atoms with Crippen LogP contribution in [0.5, 0.6) is 5.75 Å². The fourth-order valence-corrected chi connectivity index (χ4v) is 6.07. The molecule has 0 aromatic heterocycles. The van der Waals surface area contributed by atoms with E-state index >= 15 is 0 Å². The lowest BCUT2D eigenvalue weighted by atomic mass is 9.81. The zero-order valence-electron chi connectivity index (χ0n) is 26.9. The minimum Gasteiger partial charge on any atom is -0.489 e. The second-order valence-electron chi connectivity index (χ2n) is 13.7. The maximum atomic E-state index is 13.5. The van der Waals surface area contributed by atoms with Crippen molar-refractivity contribution in [3.05, 3.63) is 65.7 Å². The lowest BCUT2D eigenvalue weighted by Gasteiger charge is -2.31. The summed E-state index contributed by atoms with van der Waals surface area (Å²) in [5, 5.41) is 9.22. The van der Waals surface area contributed by atoms with Crippen LogP contribution in [0.1, 0.15) is 90.2 Å². The van der Waals surface area contributed by atoms with Gasteiger partial charge in [0.15, 0.2) is 0 Å². The molecule has 44 heavy (non-hydrogen) atoms. The Kier molecular flexibility index (Phi) is 12.1. The monoisotopic (exact) mass is 605 g/mol. The van der Waals surface area contributed by atoms with Gasteiger partial charge in [0.1, 0.15) is 24.0 Å². The summed E-state index contributed by atoms with van der Waals surface area (Å²) in [5.74, 6) is 1.43. The molecule has 0 heterocycles. The van der Waals surface area contributed by atoms with Crippen LogP contribution in [0.4, 0.5) is 4.79 Å². The molecule has 0 unspecified atom stereocenters. The maximum absolute atomic E-state index is 13.5. The highest BCUT2D eigenvalue weighted by Gasteiger charge is 2.31. The van der Waals surface area contributed by atoms with E-state index in [9.17, 15) is 14.4 Å². The van der Waals surface area contributed by atoms with Gasteiger partial charge < -0.3 is 25.4 Å². The highest BCUT2D eigenvalue weighted by Crippen LogP contribution is 2.29. The first kappa shape index (κ1) is 33.3. The molecule has 2 aliphatic rings. The minimum absolute atomic E-state index is 0.0659. The quantitative estimate of drug-likeness (QED) is 0.278. The summed E-state index contributed by atoms with van der Waals surface area (Å²) in [6, 6.07) is 17.3. The average Bonchev–Trinajstić information content (AvgIpc) is 3.00. The fraction of sp³-hybridized carbons (Fsp3) is 0.583. The van der Waals surface area contributed by atoms with Crippen LogP contribution < -0.4 is 20.7 Å². The molecule has 0 aliphatic heterocycles. The number of benzene rings is 2. The smallest absolute Gasteiger partial charge is 0.407 e. The summed E-state index contributed by atoms with van der Waals surface area (Å²) in [6.45, 7) is 8.82. The zero-order chi connectivity index (χ0) is 31.5. The molecule has 0 bridgehead atoms. The molecule has 2 aromatic rings. The van der Waals surface area contributed by atoms with Gasteiger partial charge in [-0.05, 0) is 107 Å². The van der Waals surface area contributed by atoms with Crippen LogP contribution >= 0.6 is 0 Å². The molecule has 240 valence electrons. The molecular weight excluding hydrogens is 554 g/mol. The first-order chi connectivity index (χ1) is 21.0. The van der Waals surface area contributed by atoms with E-state index in [2.05, 4.69) is 22.9 Å². The second kappa shape index (κ2) is 16.0. The van der Waals surface area contributed by atoms with Gasteiger partial charge >= 0.3 is 6.09 Å². The van der Waals surface area contributed by atoms with Crippen LogP contribution in [-0.2, 0) is 27.4 Å². The van der Waals surface area contributed by atoms with Crippen LogP contribution in [0.25, 0.3) is 0 Å². The molecule has 3 amide bonds. The van der Waals surface area contributed by atoms with Crippen molar-refractivity contribution in [3.8, 4) is 5.75 Å². The molecule has 8 heteroatoms. The average molecular weight is 606 g/mol. The van der Waals surface area contributed by atoms with Crippen molar-refractivity contribution in [2.75, 3.05) is 6.54 Å². The number of ether oxygens (including phenoxy) is 2. The van der Waals surface area contributed by atoms with Gasteiger partial charge in [-0.25, -0.2) is 4.79 Å². The number of carbonyl (C=O) groups excluding carboxylic acids is 3. The third kappa shape index (κ3) is 11.2. The van der Waals surface area contributed by atoms with Gasteiger partial charge in [-0.3, -0.25) is 9.59 Å². The van der Waals surface area contributed by atoms with Crippen LogP contribution in [0.2, 0.25) is 0 Å². The summed E-state index contributed by atoms with van der Waals surface area (Å²) >= 11 is 0. The number of nitrogens with one attached hydrogen (secondary N) is 3. The first-order valence-electron chi connectivity index (χ1n) is 16.4. The van der Waals surface area contributed by atoms with Crippen LogP contribution in [0, 0.1) is 17.8 Å². The van der Waals surface area contributed by atoms with E-state index in [1.54, 1.807) is 0 Å². The number of hydrogen-bond donors (Lipinski definition) is 3. The van der Waals surface area contributed by atoms with Crippen LogP contribution in [0.15, 0.2) is 54.6 Å². The Morgan fingerprint density at radius 3 is 2.14 bits per heavy atom. The van der Waals surface area contributed by atoms with Crippen molar-refractivity contribution in [1.82, 2.24) is 16.0 Å². The van der Waals surface area contributed by atoms with Gasteiger partial charge in [-0.1, -0.05) is 49.4 Å². The van der Waals surface area contributed by atoms with Gasteiger partial charge in [0, 0.05) is 24.9 Å². The van der Waals surface area contributed by atoms with Gasteiger partial charge in [-0.15, -0.1) is 0 Å². The summed E-state index contributed by atoms with van der Waals surface area (Å²) in [5.41, 5.74) is 1.53. The standard InChI is InChI=1S/C36H51N3O5/c1-25-10-18-30(19-11-25)38-34(41)32(22-26-14-20-31(21-15-26)43-24-28-8-6-5-7-9-28)39-33(40)29-16-12-27(13-17-29)23-37-35(42)44-36(2,3)4/h5-9,14-15,20-21,25,27,29-30,32H,10-13,16-19,22-24H2,1-4H3,(H,37,42)(H,38,41)(H,39,40)/t25?,27?,29?,30?,32-/m0/s1.